The number of unbranched alkanes of at least 4 members (excludes halogenated alkanes) is 1. The Kier molecular flexibility index (Phi) is 9.74. The smallest absolute Gasteiger partial charge is 0.254 e. The van der Waals surface area contributed by atoms with Gasteiger partial charge in [-0.1, -0.05) is 44.7 Å². The van der Waals surface area contributed by atoms with Crippen molar-refractivity contribution in [3.05, 3.63) is 59.7 Å². The first-order valence-corrected chi connectivity index (χ1v) is 15.4. The summed E-state index contributed by atoms with van der Waals surface area (Å²) in [7, 11) is 1.43. The van der Waals surface area contributed by atoms with Gasteiger partial charge in [-0.15, -0.1) is 0 Å². The minimum Gasteiger partial charge on any atom is -0.494 e. The lowest BCUT2D eigenvalue weighted by Crippen LogP contribution is -2.39. The van der Waals surface area contributed by atoms with Crippen LogP contribution in [0.25, 0.3) is 11.0 Å². The molecule has 1 aliphatic heterocycles. The van der Waals surface area contributed by atoms with Gasteiger partial charge in [-0.05, 0) is 87.4 Å². The molecule has 0 bridgehead atoms. The average Bonchev–Trinajstić information content (AvgIpc) is 3.33. The minimum absolute atomic E-state index is 0.144. The Bertz CT molecular complexity index is 1270. The number of carbonyl (C=O) groups excluding carboxylic acids is 1. The molecule has 216 valence electrons. The zero-order valence-corrected chi connectivity index (χ0v) is 24.3. The second-order valence-corrected chi connectivity index (χ2v) is 11.7. The van der Waals surface area contributed by atoms with Gasteiger partial charge in [0.25, 0.3) is 5.91 Å². The van der Waals surface area contributed by atoms with Gasteiger partial charge < -0.3 is 19.1 Å². The number of ether oxygens (including phenoxy) is 1. The topological polar surface area (TPSA) is 50.6 Å². The van der Waals surface area contributed by atoms with Crippen LogP contribution in [0.1, 0.15) is 80.9 Å². The standard InChI is InChI=1S/C33H45FN4O2/c1-3-4-20-37(33(39)25-16-17-31(40-2)28(34)21-25)24-32-35-29-14-8-9-15-30(29)38(32)23-27-13-7-6-12-26(27)22-36-18-10-5-11-19-36/h8-9,14-17,21,26-27H,3-7,10-13,18-20,22-24H2,1-2H3/t26-,27+/m1/s1. The van der Waals surface area contributed by atoms with Crippen LogP contribution in [-0.4, -0.2) is 58.5 Å². The Morgan fingerprint density at radius 2 is 1.77 bits per heavy atom. The van der Waals surface area contributed by atoms with Crippen molar-refractivity contribution in [3.63, 3.8) is 0 Å². The van der Waals surface area contributed by atoms with E-state index in [1.54, 1.807) is 6.07 Å². The SMILES string of the molecule is CCCCN(Cc1nc2ccccc2n1C[C@@H]1CCCC[C@@H]1CN1CCCCC1)C(=O)c1ccc(OC)c(F)c1. The summed E-state index contributed by atoms with van der Waals surface area (Å²) in [5.41, 5.74) is 2.45. The van der Waals surface area contributed by atoms with Crippen molar-refractivity contribution in [3.8, 4) is 5.75 Å². The zero-order chi connectivity index (χ0) is 27.9. The third-order valence-electron chi connectivity index (χ3n) is 8.96. The molecule has 40 heavy (non-hydrogen) atoms. The highest BCUT2D eigenvalue weighted by atomic mass is 19.1. The van der Waals surface area contributed by atoms with Gasteiger partial charge in [-0.25, -0.2) is 9.37 Å². The molecular formula is C33H45FN4O2. The molecule has 2 fully saturated rings. The predicted octanol–water partition coefficient (Wildman–Crippen LogP) is 6.92. The van der Waals surface area contributed by atoms with Gasteiger partial charge >= 0.3 is 0 Å². The summed E-state index contributed by atoms with van der Waals surface area (Å²) in [5.74, 6) is 1.66. The van der Waals surface area contributed by atoms with E-state index in [1.165, 1.54) is 83.8 Å². The molecule has 7 heteroatoms. The molecule has 0 radical (unpaired) electrons. The number of halogens is 1. The zero-order valence-electron chi connectivity index (χ0n) is 24.3. The molecule has 1 aromatic heterocycles. The third kappa shape index (κ3) is 6.68. The van der Waals surface area contributed by atoms with Crippen LogP contribution in [0.3, 0.4) is 0 Å². The number of carbonyl (C=O) groups is 1. The van der Waals surface area contributed by atoms with Crippen LogP contribution in [0.4, 0.5) is 4.39 Å². The summed E-state index contributed by atoms with van der Waals surface area (Å²) in [6, 6.07) is 12.8. The van der Waals surface area contributed by atoms with Gasteiger partial charge in [0.1, 0.15) is 5.82 Å². The van der Waals surface area contributed by atoms with Crippen molar-refractivity contribution >= 4 is 16.9 Å². The number of benzene rings is 2. The van der Waals surface area contributed by atoms with Crippen molar-refractivity contribution in [1.82, 2.24) is 19.4 Å². The van der Waals surface area contributed by atoms with Crippen molar-refractivity contribution < 1.29 is 13.9 Å². The van der Waals surface area contributed by atoms with Crippen LogP contribution in [0.15, 0.2) is 42.5 Å². The minimum atomic E-state index is -0.520. The number of hydrogen-bond donors (Lipinski definition) is 0. The molecule has 0 spiro atoms. The molecule has 1 aliphatic carbocycles. The molecule has 0 N–H and O–H groups in total. The van der Waals surface area contributed by atoms with E-state index in [4.69, 9.17) is 9.72 Å². The highest BCUT2D eigenvalue weighted by Crippen LogP contribution is 2.34. The Hall–Kier alpha value is -2.93. The summed E-state index contributed by atoms with van der Waals surface area (Å²) in [6.07, 6.45) is 11.0. The summed E-state index contributed by atoms with van der Waals surface area (Å²) < 4.78 is 22.0. The second kappa shape index (κ2) is 13.6. The Morgan fingerprint density at radius 1 is 1.02 bits per heavy atom. The number of aromatic nitrogens is 2. The number of fused-ring (bicyclic) bond motifs is 1. The number of para-hydroxylation sites is 2. The number of hydrogen-bond acceptors (Lipinski definition) is 4. The number of likely N-dealkylation sites (tertiary alicyclic amines) is 1. The maximum atomic E-state index is 14.5. The molecule has 3 aromatic rings. The number of imidazole rings is 1. The number of methoxy groups -OCH3 is 1. The molecular weight excluding hydrogens is 503 g/mol. The van der Waals surface area contributed by atoms with Crippen LogP contribution < -0.4 is 4.74 Å². The fourth-order valence-corrected chi connectivity index (χ4v) is 6.68. The molecule has 1 amide bonds. The van der Waals surface area contributed by atoms with Crippen molar-refractivity contribution in [2.75, 3.05) is 33.3 Å². The molecule has 1 saturated heterocycles. The number of amides is 1. The molecule has 2 atom stereocenters. The highest BCUT2D eigenvalue weighted by Gasteiger charge is 2.29. The van der Waals surface area contributed by atoms with E-state index in [0.717, 1.165) is 36.2 Å². The number of rotatable bonds is 11. The normalized spacial score (nSPS) is 20.1. The quantitative estimate of drug-likeness (QED) is 0.261. The first kappa shape index (κ1) is 28.6. The summed E-state index contributed by atoms with van der Waals surface area (Å²) in [5, 5.41) is 0. The lowest BCUT2D eigenvalue weighted by Gasteiger charge is -2.37. The maximum Gasteiger partial charge on any atom is 0.254 e. The first-order chi connectivity index (χ1) is 19.6. The lowest BCUT2D eigenvalue weighted by atomic mass is 9.78. The van der Waals surface area contributed by atoms with Gasteiger partial charge in [0.05, 0.1) is 24.7 Å². The van der Waals surface area contributed by atoms with Crippen LogP contribution in [0.5, 0.6) is 5.75 Å². The van der Waals surface area contributed by atoms with Crippen molar-refractivity contribution in [2.24, 2.45) is 11.8 Å². The Labute approximate surface area is 238 Å². The van der Waals surface area contributed by atoms with Gasteiger partial charge in [0, 0.05) is 25.2 Å². The van der Waals surface area contributed by atoms with E-state index < -0.39 is 5.82 Å². The maximum absolute atomic E-state index is 14.5. The first-order valence-electron chi connectivity index (χ1n) is 15.4. The lowest BCUT2D eigenvalue weighted by molar-refractivity contribution is 0.0732. The fourth-order valence-electron chi connectivity index (χ4n) is 6.68. The van der Waals surface area contributed by atoms with Crippen LogP contribution in [-0.2, 0) is 13.1 Å². The molecule has 6 nitrogen and oxygen atoms in total. The molecule has 0 unspecified atom stereocenters. The molecule has 2 aromatic carbocycles. The van der Waals surface area contributed by atoms with Gasteiger partial charge in [0.2, 0.25) is 0 Å². The Morgan fingerprint density at radius 3 is 2.50 bits per heavy atom. The third-order valence-corrected chi connectivity index (χ3v) is 8.96. The highest BCUT2D eigenvalue weighted by molar-refractivity contribution is 5.94. The van der Waals surface area contributed by atoms with E-state index in [0.29, 0.717) is 30.5 Å². The van der Waals surface area contributed by atoms with Gasteiger partial charge in [-0.2, -0.15) is 0 Å². The largest absolute Gasteiger partial charge is 0.494 e. The van der Waals surface area contributed by atoms with Gasteiger partial charge in [-0.3, -0.25) is 4.79 Å². The van der Waals surface area contributed by atoms with E-state index >= 15 is 0 Å². The van der Waals surface area contributed by atoms with Crippen LogP contribution >= 0.6 is 0 Å². The Balaban J connectivity index is 1.41. The van der Waals surface area contributed by atoms with Crippen LogP contribution in [0, 0.1) is 17.7 Å². The second-order valence-electron chi connectivity index (χ2n) is 11.7. The van der Waals surface area contributed by atoms with Gasteiger partial charge in [0.15, 0.2) is 11.6 Å². The predicted molar refractivity (Wildman–Crippen MR) is 158 cm³/mol. The van der Waals surface area contributed by atoms with E-state index in [1.807, 2.05) is 11.0 Å². The molecule has 1 saturated carbocycles. The number of nitrogens with zero attached hydrogens (tertiary/aromatic N) is 4. The fraction of sp³-hybridized carbons (Fsp3) is 0.576. The monoisotopic (exact) mass is 548 g/mol. The van der Waals surface area contributed by atoms with E-state index in [9.17, 15) is 9.18 Å². The van der Waals surface area contributed by atoms with Crippen molar-refractivity contribution in [2.45, 2.75) is 77.8 Å². The van der Waals surface area contributed by atoms with E-state index in [-0.39, 0.29) is 11.7 Å². The average molecular weight is 549 g/mol. The van der Waals surface area contributed by atoms with Crippen molar-refractivity contribution in [1.29, 1.82) is 0 Å². The molecule has 2 aliphatic rings. The summed E-state index contributed by atoms with van der Waals surface area (Å²) in [4.78, 5) is 23.3. The molecule has 2 heterocycles. The molecule has 5 rings (SSSR count). The van der Waals surface area contributed by atoms with E-state index in [2.05, 4.69) is 34.6 Å². The summed E-state index contributed by atoms with van der Waals surface area (Å²) in [6.45, 7) is 7.75. The summed E-state index contributed by atoms with van der Waals surface area (Å²) >= 11 is 0. The number of piperidine rings is 1. The van der Waals surface area contributed by atoms with Crippen LogP contribution in [0.2, 0.25) is 0 Å².